The molecule has 2 aromatic rings. The Morgan fingerprint density at radius 2 is 1.71 bits per heavy atom. The van der Waals surface area contributed by atoms with Crippen LogP contribution in [-0.4, -0.2) is 47.3 Å². The van der Waals surface area contributed by atoms with E-state index in [1.807, 2.05) is 45.3 Å². The van der Waals surface area contributed by atoms with Crippen LogP contribution in [0, 0.1) is 6.92 Å². The maximum Gasteiger partial charge on any atom is 0.336 e. The highest BCUT2D eigenvalue weighted by molar-refractivity contribution is 5.96. The molecular weight excluding hydrogens is 350 g/mol. The topological polar surface area (TPSA) is 60.8 Å². The Kier molecular flexibility index (Phi) is 6.21. The molecule has 0 amide bonds. The molecule has 4 nitrogen and oxygen atoms in total. The summed E-state index contributed by atoms with van der Waals surface area (Å²) in [6.07, 6.45) is 5.03. The van der Waals surface area contributed by atoms with Crippen molar-refractivity contribution in [1.82, 2.24) is 4.90 Å². The summed E-state index contributed by atoms with van der Waals surface area (Å²) in [6.45, 7) is 2.76. The second-order valence-electron chi connectivity index (χ2n) is 8.46. The van der Waals surface area contributed by atoms with E-state index in [-0.39, 0.29) is 5.92 Å². The number of carbonyl (C=O) groups is 1. The van der Waals surface area contributed by atoms with Gasteiger partial charge >= 0.3 is 5.97 Å². The van der Waals surface area contributed by atoms with Gasteiger partial charge < -0.3 is 15.1 Å². The molecule has 2 aromatic carbocycles. The number of likely N-dealkylation sites (N-methyl/N-ethyl adjacent to an activating group) is 1. The molecule has 0 saturated heterocycles. The molecule has 1 aliphatic rings. The SMILES string of the molecule is Cc1ccc(C(=O)O)c(-c2ccc(C(CN(C)C)C3(O)CCCCC3)cc2)c1. The Balaban J connectivity index is 1.96. The first-order chi connectivity index (χ1) is 13.3. The molecule has 0 aromatic heterocycles. The highest BCUT2D eigenvalue weighted by atomic mass is 16.4. The predicted octanol–water partition coefficient (Wildman–Crippen LogP) is 4.70. The number of carboxylic acid groups (broad SMARTS) is 1. The number of aromatic carboxylic acids is 1. The van der Waals surface area contributed by atoms with Gasteiger partial charge in [0.2, 0.25) is 0 Å². The van der Waals surface area contributed by atoms with Crippen molar-refractivity contribution in [2.75, 3.05) is 20.6 Å². The summed E-state index contributed by atoms with van der Waals surface area (Å²) in [4.78, 5) is 13.7. The number of aliphatic hydroxyl groups is 1. The van der Waals surface area contributed by atoms with Crippen LogP contribution in [0.1, 0.15) is 59.5 Å². The Labute approximate surface area is 167 Å². The minimum atomic E-state index is -0.916. The molecule has 4 heteroatoms. The van der Waals surface area contributed by atoms with E-state index >= 15 is 0 Å². The number of aryl methyl sites for hydroxylation is 1. The van der Waals surface area contributed by atoms with Gasteiger partial charge in [-0.1, -0.05) is 61.2 Å². The van der Waals surface area contributed by atoms with Crippen LogP contribution >= 0.6 is 0 Å². The third-order valence-corrected chi connectivity index (χ3v) is 5.95. The van der Waals surface area contributed by atoms with Crippen LogP contribution in [0.2, 0.25) is 0 Å². The molecule has 0 bridgehead atoms. The zero-order valence-corrected chi connectivity index (χ0v) is 17.1. The van der Waals surface area contributed by atoms with Gasteiger partial charge in [0.25, 0.3) is 0 Å². The first-order valence-corrected chi connectivity index (χ1v) is 10.1. The average molecular weight is 382 g/mol. The van der Waals surface area contributed by atoms with E-state index in [0.717, 1.165) is 54.5 Å². The predicted molar refractivity (Wildman–Crippen MR) is 113 cm³/mol. The Morgan fingerprint density at radius 3 is 2.29 bits per heavy atom. The van der Waals surface area contributed by atoms with E-state index in [4.69, 9.17) is 0 Å². The summed E-state index contributed by atoms with van der Waals surface area (Å²) < 4.78 is 0. The highest BCUT2D eigenvalue weighted by Crippen LogP contribution is 2.40. The minimum Gasteiger partial charge on any atom is -0.478 e. The molecule has 0 aliphatic heterocycles. The molecule has 1 saturated carbocycles. The van der Waals surface area contributed by atoms with Crippen LogP contribution in [-0.2, 0) is 0 Å². The number of hydrogen-bond donors (Lipinski definition) is 2. The van der Waals surface area contributed by atoms with Crippen LogP contribution in [0.3, 0.4) is 0 Å². The van der Waals surface area contributed by atoms with E-state index in [1.54, 1.807) is 6.07 Å². The van der Waals surface area contributed by atoms with E-state index in [2.05, 4.69) is 17.0 Å². The molecule has 1 aliphatic carbocycles. The molecule has 1 atom stereocenters. The summed E-state index contributed by atoms with van der Waals surface area (Å²) in [5.41, 5.74) is 3.43. The lowest BCUT2D eigenvalue weighted by Gasteiger charge is -2.41. The molecule has 1 unspecified atom stereocenters. The second-order valence-corrected chi connectivity index (χ2v) is 8.46. The van der Waals surface area contributed by atoms with Gasteiger partial charge in [-0.25, -0.2) is 4.79 Å². The van der Waals surface area contributed by atoms with Crippen molar-refractivity contribution in [3.63, 3.8) is 0 Å². The van der Waals surface area contributed by atoms with Gasteiger partial charge in [0.1, 0.15) is 0 Å². The van der Waals surface area contributed by atoms with Gasteiger partial charge in [-0.05, 0) is 56.6 Å². The lowest BCUT2D eigenvalue weighted by atomic mass is 9.72. The van der Waals surface area contributed by atoms with Crippen molar-refractivity contribution in [3.05, 3.63) is 59.2 Å². The fourth-order valence-corrected chi connectivity index (χ4v) is 4.44. The van der Waals surface area contributed by atoms with Gasteiger partial charge in [-0.3, -0.25) is 0 Å². The van der Waals surface area contributed by atoms with Crippen LogP contribution in [0.15, 0.2) is 42.5 Å². The quantitative estimate of drug-likeness (QED) is 0.761. The molecule has 3 rings (SSSR count). The van der Waals surface area contributed by atoms with Crippen LogP contribution in [0.5, 0.6) is 0 Å². The van der Waals surface area contributed by atoms with Gasteiger partial charge in [0.05, 0.1) is 11.2 Å². The van der Waals surface area contributed by atoms with E-state index in [0.29, 0.717) is 5.56 Å². The van der Waals surface area contributed by atoms with Crippen molar-refractivity contribution in [2.45, 2.75) is 50.5 Å². The lowest BCUT2D eigenvalue weighted by molar-refractivity contribution is -0.0277. The molecule has 150 valence electrons. The Morgan fingerprint density at radius 1 is 1.07 bits per heavy atom. The van der Waals surface area contributed by atoms with E-state index < -0.39 is 11.6 Å². The third kappa shape index (κ3) is 4.45. The summed E-state index contributed by atoms with van der Waals surface area (Å²) in [5.74, 6) is -0.866. The normalized spacial score (nSPS) is 17.5. The molecule has 28 heavy (non-hydrogen) atoms. The van der Waals surface area contributed by atoms with E-state index in [1.165, 1.54) is 6.42 Å². The molecular formula is C24H31NO3. The zero-order chi connectivity index (χ0) is 20.3. The maximum absolute atomic E-state index is 11.6. The van der Waals surface area contributed by atoms with Crippen LogP contribution in [0.4, 0.5) is 0 Å². The Hall–Kier alpha value is -2.17. The summed E-state index contributed by atoms with van der Waals surface area (Å²) in [7, 11) is 4.08. The monoisotopic (exact) mass is 381 g/mol. The fourth-order valence-electron chi connectivity index (χ4n) is 4.44. The summed E-state index contributed by atoms with van der Waals surface area (Å²) in [5, 5.41) is 20.9. The molecule has 0 heterocycles. The van der Waals surface area contributed by atoms with Crippen molar-refractivity contribution in [1.29, 1.82) is 0 Å². The molecule has 0 radical (unpaired) electrons. The molecule has 2 N–H and O–H groups in total. The highest BCUT2D eigenvalue weighted by Gasteiger charge is 2.38. The minimum absolute atomic E-state index is 0.0494. The number of hydrogen-bond acceptors (Lipinski definition) is 3. The second kappa shape index (κ2) is 8.46. The number of rotatable bonds is 6. The van der Waals surface area contributed by atoms with Gasteiger partial charge in [-0.15, -0.1) is 0 Å². The van der Waals surface area contributed by atoms with Gasteiger partial charge in [0, 0.05) is 12.5 Å². The van der Waals surface area contributed by atoms with Crippen molar-refractivity contribution in [3.8, 4) is 11.1 Å². The standard InChI is InChI=1S/C24H31NO3/c1-17-7-12-20(23(26)27)21(15-17)18-8-10-19(11-9-18)22(16-25(2)3)24(28)13-5-4-6-14-24/h7-12,15,22,28H,4-6,13-14,16H2,1-3H3,(H,26,27). The van der Waals surface area contributed by atoms with Crippen molar-refractivity contribution >= 4 is 5.97 Å². The van der Waals surface area contributed by atoms with Crippen LogP contribution in [0.25, 0.3) is 11.1 Å². The summed E-state index contributed by atoms with van der Waals surface area (Å²) in [6, 6.07) is 13.5. The maximum atomic E-state index is 11.6. The van der Waals surface area contributed by atoms with Gasteiger partial charge in [-0.2, -0.15) is 0 Å². The average Bonchev–Trinajstić information content (AvgIpc) is 2.66. The first-order valence-electron chi connectivity index (χ1n) is 10.1. The lowest BCUT2D eigenvalue weighted by Crippen LogP contribution is -2.42. The van der Waals surface area contributed by atoms with E-state index in [9.17, 15) is 15.0 Å². The smallest absolute Gasteiger partial charge is 0.336 e. The van der Waals surface area contributed by atoms with Crippen molar-refractivity contribution in [2.24, 2.45) is 0 Å². The molecule has 1 fully saturated rings. The number of carboxylic acids is 1. The van der Waals surface area contributed by atoms with Crippen molar-refractivity contribution < 1.29 is 15.0 Å². The van der Waals surface area contributed by atoms with Gasteiger partial charge in [0.15, 0.2) is 0 Å². The van der Waals surface area contributed by atoms with Crippen LogP contribution < -0.4 is 0 Å². The Bertz CT molecular complexity index is 820. The third-order valence-electron chi connectivity index (χ3n) is 5.95. The summed E-state index contributed by atoms with van der Waals surface area (Å²) >= 11 is 0. The first kappa shape index (κ1) is 20.6. The fraction of sp³-hybridized carbons (Fsp3) is 0.458. The number of nitrogens with zero attached hydrogens (tertiary/aromatic N) is 1. The number of benzene rings is 2. The zero-order valence-electron chi connectivity index (χ0n) is 17.1. The molecule has 0 spiro atoms. The largest absolute Gasteiger partial charge is 0.478 e.